The normalized spacial score (nSPS) is 13.8. The number of ether oxygens (including phenoxy) is 2. The van der Waals surface area contributed by atoms with E-state index in [-0.39, 0.29) is 18.0 Å². The van der Waals surface area contributed by atoms with Crippen molar-refractivity contribution in [3.05, 3.63) is 112 Å². The predicted octanol–water partition coefficient (Wildman–Crippen LogP) is 4.87. The van der Waals surface area contributed by atoms with Crippen LogP contribution in [-0.4, -0.2) is 41.3 Å². The Bertz CT molecular complexity index is 1700. The van der Waals surface area contributed by atoms with Gasteiger partial charge >= 0.3 is 6.03 Å². The van der Waals surface area contributed by atoms with Crippen molar-refractivity contribution in [2.45, 2.75) is 6.61 Å². The van der Waals surface area contributed by atoms with Gasteiger partial charge in [-0.05, 0) is 52.7 Å². The Labute approximate surface area is 234 Å². The fourth-order valence-corrected chi connectivity index (χ4v) is 4.37. The van der Waals surface area contributed by atoms with Gasteiger partial charge in [-0.25, -0.2) is 9.69 Å². The molecule has 0 spiro atoms. The van der Waals surface area contributed by atoms with E-state index in [0.29, 0.717) is 28.3 Å². The van der Waals surface area contributed by atoms with Crippen LogP contribution in [0.5, 0.6) is 11.5 Å². The number of hydrogen-bond donors (Lipinski definition) is 2. The first-order valence-corrected chi connectivity index (χ1v) is 12.5. The maximum atomic E-state index is 13.2. The van der Waals surface area contributed by atoms with E-state index in [9.17, 15) is 24.5 Å². The minimum atomic E-state index is -0.731. The van der Waals surface area contributed by atoms with Gasteiger partial charge in [0, 0.05) is 17.7 Å². The lowest BCUT2D eigenvalue weighted by molar-refractivity contribution is -0.384. The number of nitrogens with zero attached hydrogens (tertiary/aromatic N) is 2. The van der Waals surface area contributed by atoms with Gasteiger partial charge in [0.15, 0.2) is 0 Å². The van der Waals surface area contributed by atoms with Gasteiger partial charge in [0.1, 0.15) is 30.3 Å². The third kappa shape index (κ3) is 5.83. The van der Waals surface area contributed by atoms with Crippen molar-refractivity contribution in [1.82, 2.24) is 10.2 Å². The number of nitrogens with one attached hydrogen (secondary N) is 2. The van der Waals surface area contributed by atoms with Crippen molar-refractivity contribution < 1.29 is 28.8 Å². The number of imide groups is 1. The number of hydrogen-bond acceptors (Lipinski definition) is 7. The average Bonchev–Trinajstić information content (AvgIpc) is 3.24. The monoisotopic (exact) mass is 552 g/mol. The van der Waals surface area contributed by atoms with E-state index >= 15 is 0 Å². The molecule has 1 saturated heterocycles. The summed E-state index contributed by atoms with van der Waals surface area (Å²) in [7, 11) is 1.47. The highest BCUT2D eigenvalue weighted by molar-refractivity contribution is 6.16. The highest BCUT2D eigenvalue weighted by Crippen LogP contribution is 2.32. The standard InChI is InChI=1S/C30H24N4O7/c1-40-27-9-5-4-8-24(27)31-28(35)17-33-29(36)25(32-30(33)37)16-23-22-7-3-2-6-20(22)12-15-26(23)41-18-19-10-13-21(14-11-19)34(38)39/h2-16H,17-18H2,1H3,(H,31,35)(H,32,37)/b25-16+. The van der Waals surface area contributed by atoms with Crippen molar-refractivity contribution in [2.75, 3.05) is 19.0 Å². The van der Waals surface area contributed by atoms with Gasteiger partial charge in [0.25, 0.3) is 11.6 Å². The Balaban J connectivity index is 1.38. The Morgan fingerprint density at radius 1 is 0.976 bits per heavy atom. The first-order chi connectivity index (χ1) is 19.8. The first kappa shape index (κ1) is 26.9. The molecule has 4 aromatic carbocycles. The smallest absolute Gasteiger partial charge is 0.329 e. The van der Waals surface area contributed by atoms with Gasteiger partial charge in [0.05, 0.1) is 17.7 Å². The van der Waals surface area contributed by atoms with E-state index in [2.05, 4.69) is 10.6 Å². The van der Waals surface area contributed by atoms with Crippen LogP contribution in [-0.2, 0) is 16.2 Å². The summed E-state index contributed by atoms with van der Waals surface area (Å²) in [5.41, 5.74) is 1.63. The predicted molar refractivity (Wildman–Crippen MR) is 151 cm³/mol. The number of non-ortho nitro benzene ring substituents is 1. The van der Waals surface area contributed by atoms with Crippen LogP contribution < -0.4 is 20.1 Å². The van der Waals surface area contributed by atoms with Gasteiger partial charge in [-0.2, -0.15) is 0 Å². The molecule has 1 heterocycles. The van der Waals surface area contributed by atoms with Crippen LogP contribution in [0.15, 0.2) is 90.6 Å². The molecule has 0 unspecified atom stereocenters. The Hall–Kier alpha value is -5.71. The number of amides is 4. The van der Waals surface area contributed by atoms with E-state index in [4.69, 9.17) is 9.47 Å². The zero-order valence-electron chi connectivity index (χ0n) is 21.8. The Kier molecular flexibility index (Phi) is 7.59. The number of fused-ring (bicyclic) bond motifs is 1. The molecule has 0 saturated carbocycles. The molecule has 0 aromatic heterocycles. The van der Waals surface area contributed by atoms with Gasteiger partial charge in [-0.15, -0.1) is 0 Å². The molecule has 0 bridgehead atoms. The fraction of sp³-hybridized carbons (Fsp3) is 0.100. The van der Waals surface area contributed by atoms with Crippen LogP contribution in [0.25, 0.3) is 16.8 Å². The van der Waals surface area contributed by atoms with Crippen molar-refractivity contribution in [2.24, 2.45) is 0 Å². The molecule has 5 rings (SSSR count). The van der Waals surface area contributed by atoms with Gasteiger partial charge < -0.3 is 20.1 Å². The van der Waals surface area contributed by atoms with Gasteiger partial charge in [-0.1, -0.05) is 42.5 Å². The number of nitro groups is 1. The number of carbonyl (C=O) groups is 3. The molecular formula is C30H24N4O7. The largest absolute Gasteiger partial charge is 0.495 e. The zero-order valence-corrected chi connectivity index (χ0v) is 21.8. The lowest BCUT2D eigenvalue weighted by Gasteiger charge is -2.14. The topological polar surface area (TPSA) is 140 Å². The Morgan fingerprint density at radius 3 is 2.46 bits per heavy atom. The van der Waals surface area contributed by atoms with Crippen LogP contribution in [0.2, 0.25) is 0 Å². The molecule has 0 radical (unpaired) electrons. The second kappa shape index (κ2) is 11.6. The number of benzene rings is 4. The summed E-state index contributed by atoms with van der Waals surface area (Å²) < 4.78 is 11.3. The van der Waals surface area contributed by atoms with E-state index in [1.807, 2.05) is 30.3 Å². The number of urea groups is 1. The molecule has 11 nitrogen and oxygen atoms in total. The number of para-hydroxylation sites is 2. The number of carbonyl (C=O) groups excluding carboxylic acids is 3. The van der Waals surface area contributed by atoms with Crippen LogP contribution >= 0.6 is 0 Å². The van der Waals surface area contributed by atoms with E-state index < -0.39 is 29.3 Å². The average molecular weight is 553 g/mol. The summed E-state index contributed by atoms with van der Waals surface area (Å²) in [6.07, 6.45) is 1.52. The molecule has 0 aliphatic carbocycles. The van der Waals surface area contributed by atoms with Crippen LogP contribution in [0.1, 0.15) is 11.1 Å². The first-order valence-electron chi connectivity index (χ1n) is 12.5. The molecule has 2 N–H and O–H groups in total. The van der Waals surface area contributed by atoms with Crippen molar-refractivity contribution in [3.8, 4) is 11.5 Å². The van der Waals surface area contributed by atoms with Crippen LogP contribution in [0.3, 0.4) is 0 Å². The maximum Gasteiger partial charge on any atom is 0.329 e. The number of rotatable bonds is 9. The molecule has 1 aliphatic heterocycles. The molecule has 1 fully saturated rings. The number of methoxy groups -OCH3 is 1. The van der Waals surface area contributed by atoms with Crippen LogP contribution in [0, 0.1) is 10.1 Å². The third-order valence-electron chi connectivity index (χ3n) is 6.41. The molecule has 4 aromatic rings. The summed E-state index contributed by atoms with van der Waals surface area (Å²) in [6.45, 7) is -0.388. The molecule has 11 heteroatoms. The second-order valence-electron chi connectivity index (χ2n) is 9.04. The van der Waals surface area contributed by atoms with Gasteiger partial charge in [-0.3, -0.25) is 19.7 Å². The lowest BCUT2D eigenvalue weighted by atomic mass is 10.0. The third-order valence-corrected chi connectivity index (χ3v) is 6.41. The Morgan fingerprint density at radius 2 is 1.71 bits per heavy atom. The highest BCUT2D eigenvalue weighted by atomic mass is 16.6. The van der Waals surface area contributed by atoms with E-state index in [1.165, 1.54) is 25.3 Å². The molecule has 206 valence electrons. The quantitative estimate of drug-likeness (QED) is 0.131. The zero-order chi connectivity index (χ0) is 28.9. The molecule has 0 atom stereocenters. The van der Waals surface area contributed by atoms with Crippen molar-refractivity contribution in [3.63, 3.8) is 0 Å². The lowest BCUT2D eigenvalue weighted by Crippen LogP contribution is -2.38. The van der Waals surface area contributed by atoms with Gasteiger partial charge in [0.2, 0.25) is 5.91 Å². The number of nitro benzene ring substituents is 1. The van der Waals surface area contributed by atoms with Crippen molar-refractivity contribution >= 4 is 46.1 Å². The second-order valence-corrected chi connectivity index (χ2v) is 9.04. The molecular weight excluding hydrogens is 528 g/mol. The minimum Gasteiger partial charge on any atom is -0.495 e. The summed E-state index contributed by atoms with van der Waals surface area (Å²) in [6, 6.07) is 23.2. The minimum absolute atomic E-state index is 0.0170. The van der Waals surface area contributed by atoms with E-state index in [1.54, 1.807) is 42.5 Å². The highest BCUT2D eigenvalue weighted by Gasteiger charge is 2.35. The molecule has 4 amide bonds. The SMILES string of the molecule is COc1ccccc1NC(=O)CN1C(=O)N/C(=C/c2c(OCc3ccc([N+](=O)[O-])cc3)ccc3ccccc23)C1=O. The van der Waals surface area contributed by atoms with E-state index in [0.717, 1.165) is 15.7 Å². The summed E-state index contributed by atoms with van der Waals surface area (Å²) in [4.78, 5) is 49.9. The van der Waals surface area contributed by atoms with Crippen LogP contribution in [0.4, 0.5) is 16.2 Å². The summed E-state index contributed by atoms with van der Waals surface area (Å²) in [5.74, 6) is -0.365. The van der Waals surface area contributed by atoms with Crippen molar-refractivity contribution in [1.29, 1.82) is 0 Å². The number of anilines is 1. The molecule has 1 aliphatic rings. The fourth-order valence-electron chi connectivity index (χ4n) is 4.37. The maximum absolute atomic E-state index is 13.2. The molecule has 41 heavy (non-hydrogen) atoms. The summed E-state index contributed by atoms with van der Waals surface area (Å²) in [5, 5.41) is 17.8. The summed E-state index contributed by atoms with van der Waals surface area (Å²) >= 11 is 0.